The van der Waals surface area contributed by atoms with Crippen molar-refractivity contribution in [2.45, 2.75) is 20.1 Å². The molecule has 0 aromatic heterocycles. The Morgan fingerprint density at radius 2 is 1.80 bits per heavy atom. The highest BCUT2D eigenvalue weighted by molar-refractivity contribution is 9.10. The van der Waals surface area contributed by atoms with Gasteiger partial charge in [0.15, 0.2) is 11.5 Å². The third-order valence-corrected chi connectivity index (χ3v) is 7.21. The Labute approximate surface area is 271 Å². The van der Waals surface area contributed by atoms with E-state index in [-0.39, 0.29) is 24.5 Å². The lowest BCUT2D eigenvalue weighted by molar-refractivity contribution is -0.384. The van der Waals surface area contributed by atoms with Crippen LogP contribution in [0.5, 0.6) is 17.2 Å². The number of halogens is 3. The summed E-state index contributed by atoms with van der Waals surface area (Å²) in [4.78, 5) is 23.5. The minimum Gasteiger partial charge on any atom is -0.490 e. The van der Waals surface area contributed by atoms with Crippen LogP contribution in [-0.2, 0) is 18.0 Å². The van der Waals surface area contributed by atoms with Crippen LogP contribution in [0.25, 0.3) is 6.08 Å². The van der Waals surface area contributed by atoms with E-state index >= 15 is 0 Å². The number of ether oxygens (including phenoxy) is 3. The lowest BCUT2D eigenvalue weighted by atomic mass is 10.1. The molecule has 0 atom stereocenters. The number of nitro groups is 1. The molecule has 0 fully saturated rings. The third kappa shape index (κ3) is 8.74. The molecule has 0 heterocycles. The van der Waals surface area contributed by atoms with Gasteiger partial charge in [0.25, 0.3) is 11.6 Å². The van der Waals surface area contributed by atoms with Crippen LogP contribution >= 0.6 is 39.1 Å². The van der Waals surface area contributed by atoms with Crippen LogP contribution in [0.2, 0.25) is 10.0 Å². The lowest BCUT2D eigenvalue weighted by Gasteiger charge is -2.15. The normalized spacial score (nSPS) is 10.9. The Hall–Kier alpha value is -4.56. The molecule has 1 N–H and O–H groups in total. The zero-order valence-electron chi connectivity index (χ0n) is 23.2. The van der Waals surface area contributed by atoms with Gasteiger partial charge in [0.05, 0.1) is 16.0 Å². The van der Waals surface area contributed by atoms with E-state index in [1.54, 1.807) is 73.7 Å². The molecule has 0 aliphatic heterocycles. The number of benzene rings is 4. The van der Waals surface area contributed by atoms with Crippen LogP contribution < -0.4 is 19.5 Å². The van der Waals surface area contributed by atoms with Gasteiger partial charge in [-0.3, -0.25) is 14.9 Å². The number of non-ortho nitro benzene ring substituents is 1. The summed E-state index contributed by atoms with van der Waals surface area (Å²) in [6, 6.07) is 23.2. The molecule has 4 rings (SSSR count). The van der Waals surface area contributed by atoms with Crippen LogP contribution in [0.3, 0.4) is 0 Å². The molecule has 0 saturated heterocycles. The molecule has 0 saturated carbocycles. The Kier molecular flexibility index (Phi) is 11.2. The first-order valence-electron chi connectivity index (χ1n) is 13.1. The van der Waals surface area contributed by atoms with E-state index in [1.807, 2.05) is 6.07 Å². The number of amides is 1. The number of nitrogens with one attached hydrogen (secondary N) is 1. The molecule has 44 heavy (non-hydrogen) atoms. The Bertz CT molecular complexity index is 1760. The van der Waals surface area contributed by atoms with Crippen molar-refractivity contribution in [3.8, 4) is 23.3 Å². The fraction of sp³-hybridized carbons (Fsp3) is 0.125. The fourth-order valence-electron chi connectivity index (χ4n) is 3.94. The number of hydrogen-bond donors (Lipinski definition) is 1. The molecule has 4 aromatic carbocycles. The molecule has 0 radical (unpaired) electrons. The van der Waals surface area contributed by atoms with Crippen LogP contribution in [0.1, 0.15) is 23.6 Å². The Balaban J connectivity index is 1.44. The summed E-state index contributed by atoms with van der Waals surface area (Å²) in [6.07, 6.45) is 1.43. The fourth-order valence-corrected chi connectivity index (χ4v) is 4.97. The minimum absolute atomic E-state index is 0.0400. The summed E-state index contributed by atoms with van der Waals surface area (Å²) < 4.78 is 18.0. The largest absolute Gasteiger partial charge is 0.490 e. The number of anilines is 1. The maximum atomic E-state index is 12.9. The molecule has 0 bridgehead atoms. The van der Waals surface area contributed by atoms with Crippen molar-refractivity contribution in [1.82, 2.24) is 0 Å². The average molecular weight is 697 g/mol. The van der Waals surface area contributed by atoms with Gasteiger partial charge in [-0.05, 0) is 88.6 Å². The minimum atomic E-state index is -0.603. The maximum absolute atomic E-state index is 12.9. The van der Waals surface area contributed by atoms with Crippen LogP contribution in [0, 0.1) is 21.4 Å². The zero-order valence-corrected chi connectivity index (χ0v) is 26.3. The van der Waals surface area contributed by atoms with Crippen molar-refractivity contribution in [2.24, 2.45) is 0 Å². The predicted molar refractivity (Wildman–Crippen MR) is 172 cm³/mol. The smallest absolute Gasteiger partial charge is 0.269 e. The first-order chi connectivity index (χ1) is 21.2. The number of carbonyl (C=O) groups is 1. The SMILES string of the molecule is CCOc1cc(/C=C(\C#N)C(=O)Nc2ccc(OCc3ccc(Cl)cc3Cl)cc2)cc(Br)c1OCc1cccc([N+](=O)[O-])c1. The van der Waals surface area contributed by atoms with E-state index in [2.05, 4.69) is 21.2 Å². The van der Waals surface area contributed by atoms with Gasteiger partial charge in [0.2, 0.25) is 0 Å². The quantitative estimate of drug-likeness (QED) is 0.0680. The van der Waals surface area contributed by atoms with Crippen LogP contribution in [0.15, 0.2) is 88.9 Å². The molecular weight excluding hydrogens is 673 g/mol. The molecule has 0 aliphatic rings. The number of carbonyl (C=O) groups excluding carboxylic acids is 1. The van der Waals surface area contributed by atoms with E-state index in [0.717, 1.165) is 5.56 Å². The summed E-state index contributed by atoms with van der Waals surface area (Å²) in [5, 5.41) is 24.6. The highest BCUT2D eigenvalue weighted by Gasteiger charge is 2.16. The van der Waals surface area contributed by atoms with Crippen molar-refractivity contribution in [1.29, 1.82) is 5.26 Å². The Morgan fingerprint density at radius 1 is 1.02 bits per heavy atom. The number of nitriles is 1. The molecule has 4 aromatic rings. The van der Waals surface area contributed by atoms with E-state index in [4.69, 9.17) is 37.4 Å². The zero-order chi connectivity index (χ0) is 31.6. The van der Waals surface area contributed by atoms with Crippen molar-refractivity contribution >= 4 is 62.5 Å². The molecule has 0 unspecified atom stereocenters. The molecule has 0 aliphatic carbocycles. The number of nitro benzene ring substituents is 1. The van der Waals surface area contributed by atoms with Gasteiger partial charge in [-0.15, -0.1) is 0 Å². The first-order valence-corrected chi connectivity index (χ1v) is 14.6. The monoisotopic (exact) mass is 695 g/mol. The van der Waals surface area contributed by atoms with Gasteiger partial charge in [0.1, 0.15) is 30.6 Å². The second-order valence-electron chi connectivity index (χ2n) is 9.15. The lowest BCUT2D eigenvalue weighted by Crippen LogP contribution is -2.13. The van der Waals surface area contributed by atoms with Gasteiger partial charge < -0.3 is 19.5 Å². The highest BCUT2D eigenvalue weighted by Crippen LogP contribution is 2.38. The summed E-state index contributed by atoms with van der Waals surface area (Å²) >= 11 is 15.6. The number of hydrogen-bond acceptors (Lipinski definition) is 7. The molecule has 12 heteroatoms. The molecule has 9 nitrogen and oxygen atoms in total. The average Bonchev–Trinajstić information content (AvgIpc) is 3.00. The molecule has 224 valence electrons. The molecular formula is C32H24BrCl2N3O6. The van der Waals surface area contributed by atoms with Gasteiger partial charge in [0, 0.05) is 33.4 Å². The standard InChI is InChI=1S/C32H24BrCl2N3O6/c1-2-42-30-15-21(14-28(33)31(30)44-18-20-4-3-5-26(13-20)38(40)41)12-23(17-36)32(39)37-25-8-10-27(11-9-25)43-19-22-6-7-24(34)16-29(22)35/h3-16H,2,18-19H2,1H3,(H,37,39)/b23-12+. The number of rotatable bonds is 12. The number of nitrogens with zero attached hydrogens (tertiary/aromatic N) is 2. The second kappa shape index (κ2) is 15.3. The van der Waals surface area contributed by atoms with Crippen molar-refractivity contribution < 1.29 is 23.9 Å². The van der Waals surface area contributed by atoms with E-state index < -0.39 is 10.8 Å². The Morgan fingerprint density at radius 3 is 2.48 bits per heavy atom. The maximum Gasteiger partial charge on any atom is 0.269 e. The van der Waals surface area contributed by atoms with Crippen LogP contribution in [-0.4, -0.2) is 17.4 Å². The van der Waals surface area contributed by atoms with E-state index in [1.165, 1.54) is 18.2 Å². The highest BCUT2D eigenvalue weighted by atomic mass is 79.9. The van der Waals surface area contributed by atoms with Gasteiger partial charge >= 0.3 is 0 Å². The van der Waals surface area contributed by atoms with Crippen molar-refractivity contribution in [2.75, 3.05) is 11.9 Å². The topological polar surface area (TPSA) is 124 Å². The van der Waals surface area contributed by atoms with E-state index in [0.29, 0.717) is 55.2 Å². The van der Waals surface area contributed by atoms with Crippen molar-refractivity contribution in [3.63, 3.8) is 0 Å². The van der Waals surface area contributed by atoms with Gasteiger partial charge in [-0.1, -0.05) is 41.4 Å². The predicted octanol–water partition coefficient (Wildman–Crippen LogP) is 8.77. The third-order valence-electron chi connectivity index (χ3n) is 6.03. The summed E-state index contributed by atoms with van der Waals surface area (Å²) in [6.45, 7) is 2.42. The summed E-state index contributed by atoms with van der Waals surface area (Å²) in [7, 11) is 0. The van der Waals surface area contributed by atoms with E-state index in [9.17, 15) is 20.2 Å². The second-order valence-corrected chi connectivity index (χ2v) is 10.8. The summed E-state index contributed by atoms with van der Waals surface area (Å²) in [5.41, 5.74) is 2.18. The van der Waals surface area contributed by atoms with Crippen molar-refractivity contribution in [3.05, 3.63) is 126 Å². The van der Waals surface area contributed by atoms with Gasteiger partial charge in [-0.2, -0.15) is 5.26 Å². The summed E-state index contributed by atoms with van der Waals surface area (Å²) in [5.74, 6) is 0.700. The first kappa shape index (κ1) is 32.4. The molecule has 1 amide bonds. The molecule has 0 spiro atoms. The van der Waals surface area contributed by atoms with Gasteiger partial charge in [-0.25, -0.2) is 0 Å². The van der Waals surface area contributed by atoms with Crippen LogP contribution in [0.4, 0.5) is 11.4 Å².